The van der Waals surface area contributed by atoms with Crippen molar-refractivity contribution in [2.45, 2.75) is 19.8 Å². The maximum Gasteiger partial charge on any atom is 0.233 e. The summed E-state index contributed by atoms with van der Waals surface area (Å²) in [5, 5.41) is 5.46. The number of carbonyl (C=O) groups is 2. The lowest BCUT2D eigenvalue weighted by Gasteiger charge is -2.09. The van der Waals surface area contributed by atoms with Crippen molar-refractivity contribution in [2.24, 2.45) is 0 Å². The molecule has 0 aliphatic carbocycles. The number of methoxy groups -OCH3 is 1. The standard InChI is InChI=1S/C19H22N2O3/c1-14-7-9-16(10-8-14)21-19(23)13-18(22)20-12-11-15-5-3-4-6-17(15)24-2/h3-10H,11-13H2,1-2H3,(H,20,22)(H,21,23). The topological polar surface area (TPSA) is 67.4 Å². The van der Waals surface area contributed by atoms with Crippen LogP contribution in [0.1, 0.15) is 17.5 Å². The second-order valence-electron chi connectivity index (χ2n) is 5.50. The van der Waals surface area contributed by atoms with Crippen LogP contribution in [-0.4, -0.2) is 25.5 Å². The van der Waals surface area contributed by atoms with Crippen molar-refractivity contribution in [1.82, 2.24) is 5.32 Å². The van der Waals surface area contributed by atoms with E-state index in [0.717, 1.165) is 16.9 Å². The van der Waals surface area contributed by atoms with Gasteiger partial charge in [0.1, 0.15) is 12.2 Å². The van der Waals surface area contributed by atoms with Crippen LogP contribution >= 0.6 is 0 Å². The molecule has 24 heavy (non-hydrogen) atoms. The quantitative estimate of drug-likeness (QED) is 0.769. The summed E-state index contributed by atoms with van der Waals surface area (Å²) < 4.78 is 5.27. The number of hydrogen-bond acceptors (Lipinski definition) is 3. The fourth-order valence-corrected chi connectivity index (χ4v) is 2.30. The van der Waals surface area contributed by atoms with E-state index >= 15 is 0 Å². The van der Waals surface area contributed by atoms with Gasteiger partial charge in [-0.1, -0.05) is 35.9 Å². The Kier molecular flexibility index (Phi) is 6.37. The van der Waals surface area contributed by atoms with E-state index in [2.05, 4.69) is 10.6 Å². The summed E-state index contributed by atoms with van der Waals surface area (Å²) in [5.74, 6) is 0.173. The molecule has 0 fully saturated rings. The fraction of sp³-hybridized carbons (Fsp3) is 0.263. The SMILES string of the molecule is COc1ccccc1CCNC(=O)CC(=O)Nc1ccc(C)cc1. The van der Waals surface area contributed by atoms with Gasteiger partial charge in [-0.05, 0) is 37.1 Å². The van der Waals surface area contributed by atoms with Crippen molar-refractivity contribution in [3.05, 3.63) is 59.7 Å². The van der Waals surface area contributed by atoms with Gasteiger partial charge in [-0.25, -0.2) is 0 Å². The summed E-state index contributed by atoms with van der Waals surface area (Å²) in [6.07, 6.45) is 0.454. The normalized spacial score (nSPS) is 10.1. The van der Waals surface area contributed by atoms with Gasteiger partial charge < -0.3 is 15.4 Å². The Hall–Kier alpha value is -2.82. The maximum atomic E-state index is 11.8. The Bertz CT molecular complexity index is 696. The van der Waals surface area contributed by atoms with E-state index in [1.54, 1.807) is 7.11 Å². The summed E-state index contributed by atoms with van der Waals surface area (Å²) in [6.45, 7) is 2.43. The lowest BCUT2D eigenvalue weighted by molar-refractivity contribution is -0.126. The minimum absolute atomic E-state index is 0.195. The molecule has 2 aromatic carbocycles. The first kappa shape index (κ1) is 17.5. The molecule has 5 heteroatoms. The minimum Gasteiger partial charge on any atom is -0.496 e. The van der Waals surface area contributed by atoms with Crippen LogP contribution in [0.25, 0.3) is 0 Å². The number of rotatable bonds is 7. The number of nitrogens with one attached hydrogen (secondary N) is 2. The second-order valence-corrected chi connectivity index (χ2v) is 5.50. The number of anilines is 1. The number of ether oxygens (including phenoxy) is 1. The van der Waals surface area contributed by atoms with E-state index < -0.39 is 0 Å². The van der Waals surface area contributed by atoms with Gasteiger partial charge in [-0.2, -0.15) is 0 Å². The van der Waals surface area contributed by atoms with Gasteiger partial charge in [0.05, 0.1) is 7.11 Å². The molecular formula is C19H22N2O3. The molecule has 0 radical (unpaired) electrons. The van der Waals surface area contributed by atoms with Crippen LogP contribution in [-0.2, 0) is 16.0 Å². The summed E-state index contributed by atoms with van der Waals surface area (Å²) in [7, 11) is 1.62. The van der Waals surface area contributed by atoms with Gasteiger partial charge in [0.2, 0.25) is 11.8 Å². The summed E-state index contributed by atoms with van der Waals surface area (Å²) in [6, 6.07) is 15.1. The van der Waals surface area contributed by atoms with E-state index in [4.69, 9.17) is 4.74 Å². The number of aryl methyl sites for hydroxylation is 1. The first-order valence-corrected chi connectivity index (χ1v) is 7.83. The van der Waals surface area contributed by atoms with Gasteiger partial charge in [-0.15, -0.1) is 0 Å². The van der Waals surface area contributed by atoms with E-state index in [-0.39, 0.29) is 18.2 Å². The number of carbonyl (C=O) groups excluding carboxylic acids is 2. The molecular weight excluding hydrogens is 304 g/mol. The number of hydrogen-bond donors (Lipinski definition) is 2. The third-order valence-corrected chi connectivity index (χ3v) is 3.57. The zero-order chi connectivity index (χ0) is 17.4. The molecule has 126 valence electrons. The fourth-order valence-electron chi connectivity index (χ4n) is 2.30. The molecule has 2 aromatic rings. The van der Waals surface area contributed by atoms with E-state index in [1.165, 1.54) is 0 Å². The highest BCUT2D eigenvalue weighted by atomic mass is 16.5. The van der Waals surface area contributed by atoms with Crippen LogP contribution in [0.2, 0.25) is 0 Å². The van der Waals surface area contributed by atoms with Crippen LogP contribution in [0.4, 0.5) is 5.69 Å². The zero-order valence-corrected chi connectivity index (χ0v) is 14.0. The molecule has 0 saturated carbocycles. The predicted molar refractivity (Wildman–Crippen MR) is 94.1 cm³/mol. The van der Waals surface area contributed by atoms with Crippen LogP contribution in [0, 0.1) is 6.92 Å². The molecule has 0 aromatic heterocycles. The van der Waals surface area contributed by atoms with E-state index in [9.17, 15) is 9.59 Å². The van der Waals surface area contributed by atoms with Gasteiger partial charge in [0.15, 0.2) is 0 Å². The molecule has 2 N–H and O–H groups in total. The Labute approximate surface area is 142 Å². The number of amides is 2. The van der Waals surface area contributed by atoms with Crippen LogP contribution < -0.4 is 15.4 Å². The number of benzene rings is 2. The summed E-state index contributed by atoms with van der Waals surface area (Å²) >= 11 is 0. The predicted octanol–water partition coefficient (Wildman–Crippen LogP) is 2.69. The Morgan fingerprint density at radius 1 is 1.00 bits per heavy atom. The highest BCUT2D eigenvalue weighted by Crippen LogP contribution is 2.17. The highest BCUT2D eigenvalue weighted by Gasteiger charge is 2.10. The van der Waals surface area contributed by atoms with Crippen molar-refractivity contribution in [3.8, 4) is 5.75 Å². The van der Waals surface area contributed by atoms with Gasteiger partial charge >= 0.3 is 0 Å². The Morgan fingerprint density at radius 3 is 2.42 bits per heavy atom. The molecule has 2 amide bonds. The molecule has 0 spiro atoms. The smallest absolute Gasteiger partial charge is 0.233 e. The Morgan fingerprint density at radius 2 is 1.71 bits per heavy atom. The van der Waals surface area contributed by atoms with Crippen LogP contribution in [0.5, 0.6) is 5.75 Å². The first-order chi connectivity index (χ1) is 11.6. The van der Waals surface area contributed by atoms with E-state index in [1.807, 2.05) is 55.5 Å². The van der Waals surface area contributed by atoms with Gasteiger partial charge in [-0.3, -0.25) is 9.59 Å². The van der Waals surface area contributed by atoms with Crippen molar-refractivity contribution in [3.63, 3.8) is 0 Å². The minimum atomic E-state index is -0.325. The molecule has 0 atom stereocenters. The highest BCUT2D eigenvalue weighted by molar-refractivity contribution is 6.03. The average molecular weight is 326 g/mol. The van der Waals surface area contributed by atoms with Crippen molar-refractivity contribution >= 4 is 17.5 Å². The van der Waals surface area contributed by atoms with Gasteiger partial charge in [0.25, 0.3) is 0 Å². The molecule has 0 heterocycles. The van der Waals surface area contributed by atoms with Crippen molar-refractivity contribution in [1.29, 1.82) is 0 Å². The van der Waals surface area contributed by atoms with E-state index in [0.29, 0.717) is 18.7 Å². The lowest BCUT2D eigenvalue weighted by Crippen LogP contribution is -2.29. The largest absolute Gasteiger partial charge is 0.496 e. The molecule has 5 nitrogen and oxygen atoms in total. The maximum absolute atomic E-state index is 11.8. The number of para-hydroxylation sites is 1. The Balaban J connectivity index is 1.74. The molecule has 0 aliphatic rings. The van der Waals surface area contributed by atoms with Crippen molar-refractivity contribution in [2.75, 3.05) is 19.0 Å². The zero-order valence-electron chi connectivity index (χ0n) is 14.0. The molecule has 2 rings (SSSR count). The lowest BCUT2D eigenvalue weighted by atomic mass is 10.1. The second kappa shape index (κ2) is 8.72. The van der Waals surface area contributed by atoms with Crippen LogP contribution in [0.3, 0.4) is 0 Å². The average Bonchev–Trinajstić information content (AvgIpc) is 2.57. The van der Waals surface area contributed by atoms with Crippen LogP contribution in [0.15, 0.2) is 48.5 Å². The third kappa shape index (κ3) is 5.43. The third-order valence-electron chi connectivity index (χ3n) is 3.57. The first-order valence-electron chi connectivity index (χ1n) is 7.83. The summed E-state index contributed by atoms with van der Waals surface area (Å²) in [5.41, 5.74) is 2.82. The molecule has 0 aliphatic heterocycles. The monoisotopic (exact) mass is 326 g/mol. The molecule has 0 saturated heterocycles. The van der Waals surface area contributed by atoms with Gasteiger partial charge in [0, 0.05) is 12.2 Å². The molecule has 0 unspecified atom stereocenters. The summed E-state index contributed by atoms with van der Waals surface area (Å²) in [4.78, 5) is 23.7. The molecule has 0 bridgehead atoms. The van der Waals surface area contributed by atoms with Crippen molar-refractivity contribution < 1.29 is 14.3 Å².